The zero-order chi connectivity index (χ0) is 19.0. The molecule has 0 bridgehead atoms. The molecule has 2 heterocycles. The summed E-state index contributed by atoms with van der Waals surface area (Å²) in [6.45, 7) is 0.380. The first-order valence-corrected chi connectivity index (χ1v) is 10.8. The predicted molar refractivity (Wildman–Crippen MR) is 103 cm³/mol. The van der Waals surface area contributed by atoms with Gasteiger partial charge in [0, 0.05) is 18.5 Å². The fourth-order valence-electron chi connectivity index (χ4n) is 3.60. The van der Waals surface area contributed by atoms with Crippen LogP contribution in [0.2, 0.25) is 0 Å². The third-order valence-electron chi connectivity index (χ3n) is 5.07. The van der Waals surface area contributed by atoms with Crippen LogP contribution in [0, 0.1) is 11.7 Å². The first-order chi connectivity index (χ1) is 12.9. The van der Waals surface area contributed by atoms with Crippen LogP contribution in [0.5, 0.6) is 5.75 Å². The van der Waals surface area contributed by atoms with E-state index in [-0.39, 0.29) is 23.2 Å². The number of hydrogen-bond acceptors (Lipinski definition) is 4. The van der Waals surface area contributed by atoms with Crippen molar-refractivity contribution in [2.24, 2.45) is 13.0 Å². The lowest BCUT2D eigenvalue weighted by Gasteiger charge is -2.11. The molecular formula is C20H21FN2O3S. The molecule has 4 rings (SSSR count). The highest BCUT2D eigenvalue weighted by Crippen LogP contribution is 2.29. The minimum atomic E-state index is -2.88. The molecule has 1 aromatic heterocycles. The van der Waals surface area contributed by atoms with Crippen LogP contribution in [0.25, 0.3) is 22.0 Å². The molecule has 0 aliphatic carbocycles. The molecule has 0 N–H and O–H groups in total. The Hall–Kier alpha value is -2.41. The van der Waals surface area contributed by atoms with Gasteiger partial charge in [0.1, 0.15) is 11.6 Å². The Balaban J connectivity index is 1.49. The van der Waals surface area contributed by atoms with Crippen LogP contribution in [-0.2, 0) is 16.9 Å². The summed E-state index contributed by atoms with van der Waals surface area (Å²) in [4.78, 5) is 0. The van der Waals surface area contributed by atoms with Gasteiger partial charge in [-0.15, -0.1) is 0 Å². The molecule has 0 amide bonds. The lowest BCUT2D eigenvalue weighted by Crippen LogP contribution is -2.09. The first kappa shape index (κ1) is 18.0. The second kappa shape index (κ2) is 6.96. The standard InChI is InChI=1S/C20H21FN2O3S/c1-23-20-3-2-15(8-17(20)12-22-23)16-9-18(21)11-19(10-16)26-6-4-14-5-7-27(24,25)13-14/h2-3,8-12,14H,4-7,13H2,1H3. The number of halogens is 1. The molecule has 5 nitrogen and oxygen atoms in total. The van der Waals surface area contributed by atoms with E-state index in [1.165, 1.54) is 12.1 Å². The zero-order valence-electron chi connectivity index (χ0n) is 15.1. The van der Waals surface area contributed by atoms with Crippen LogP contribution in [-0.4, -0.2) is 36.3 Å². The van der Waals surface area contributed by atoms with Gasteiger partial charge in [0.05, 0.1) is 29.8 Å². The van der Waals surface area contributed by atoms with Gasteiger partial charge in [-0.25, -0.2) is 12.8 Å². The number of nitrogens with zero attached hydrogens (tertiary/aromatic N) is 2. The second-order valence-corrected chi connectivity index (χ2v) is 9.35. The number of hydrogen-bond donors (Lipinski definition) is 0. The Morgan fingerprint density at radius 1 is 1.22 bits per heavy atom. The zero-order valence-corrected chi connectivity index (χ0v) is 15.9. The van der Waals surface area contributed by atoms with Gasteiger partial charge in [0.15, 0.2) is 9.84 Å². The molecule has 142 valence electrons. The van der Waals surface area contributed by atoms with Crippen molar-refractivity contribution in [2.45, 2.75) is 12.8 Å². The van der Waals surface area contributed by atoms with Crippen molar-refractivity contribution >= 4 is 20.7 Å². The van der Waals surface area contributed by atoms with Gasteiger partial charge < -0.3 is 4.74 Å². The summed E-state index contributed by atoms with van der Waals surface area (Å²) >= 11 is 0. The summed E-state index contributed by atoms with van der Waals surface area (Å²) in [5, 5.41) is 5.22. The van der Waals surface area contributed by atoms with Gasteiger partial charge in [0.2, 0.25) is 0 Å². The highest BCUT2D eigenvalue weighted by atomic mass is 32.2. The summed E-state index contributed by atoms with van der Waals surface area (Å²) < 4.78 is 44.6. The molecule has 1 fully saturated rings. The Labute approximate surface area is 157 Å². The quantitative estimate of drug-likeness (QED) is 0.670. The molecule has 1 saturated heterocycles. The Kier molecular flexibility index (Phi) is 4.63. The molecule has 0 radical (unpaired) electrons. The minimum absolute atomic E-state index is 0.135. The third kappa shape index (κ3) is 3.98. The van der Waals surface area contributed by atoms with Crippen LogP contribution in [0.3, 0.4) is 0 Å². The number of ether oxygens (including phenoxy) is 1. The van der Waals surface area contributed by atoms with Crippen LogP contribution in [0.1, 0.15) is 12.8 Å². The molecule has 3 aromatic rings. The summed E-state index contributed by atoms with van der Waals surface area (Å²) in [5.41, 5.74) is 2.64. The largest absolute Gasteiger partial charge is 0.493 e. The van der Waals surface area contributed by atoms with Crippen LogP contribution < -0.4 is 4.74 Å². The van der Waals surface area contributed by atoms with Crippen molar-refractivity contribution in [3.05, 3.63) is 48.4 Å². The maximum absolute atomic E-state index is 14.1. The van der Waals surface area contributed by atoms with Crippen molar-refractivity contribution in [3.8, 4) is 16.9 Å². The van der Waals surface area contributed by atoms with Crippen molar-refractivity contribution in [1.82, 2.24) is 9.78 Å². The third-order valence-corrected chi connectivity index (χ3v) is 6.91. The van der Waals surface area contributed by atoms with Crippen molar-refractivity contribution in [3.63, 3.8) is 0 Å². The minimum Gasteiger partial charge on any atom is -0.493 e. The van der Waals surface area contributed by atoms with Crippen molar-refractivity contribution in [1.29, 1.82) is 0 Å². The van der Waals surface area contributed by atoms with E-state index in [0.29, 0.717) is 25.2 Å². The molecule has 2 aromatic carbocycles. The molecule has 0 spiro atoms. The maximum Gasteiger partial charge on any atom is 0.150 e. The van der Waals surface area contributed by atoms with E-state index in [4.69, 9.17) is 4.74 Å². The number of fused-ring (bicyclic) bond motifs is 1. The topological polar surface area (TPSA) is 61.2 Å². The number of aryl methyl sites for hydroxylation is 1. The van der Waals surface area contributed by atoms with Gasteiger partial charge in [-0.3, -0.25) is 4.68 Å². The van der Waals surface area contributed by atoms with Gasteiger partial charge in [0.25, 0.3) is 0 Å². The SMILES string of the molecule is Cn1ncc2cc(-c3cc(F)cc(OCCC4CCS(=O)(=O)C4)c3)ccc21. The molecule has 1 unspecified atom stereocenters. The number of aromatic nitrogens is 2. The predicted octanol–water partition coefficient (Wildman–Crippen LogP) is 3.58. The summed E-state index contributed by atoms with van der Waals surface area (Å²) in [6, 6.07) is 10.5. The molecular weight excluding hydrogens is 367 g/mol. The smallest absolute Gasteiger partial charge is 0.150 e. The van der Waals surface area contributed by atoms with E-state index in [2.05, 4.69) is 5.10 Å². The van der Waals surface area contributed by atoms with Crippen molar-refractivity contribution < 1.29 is 17.5 Å². The van der Waals surface area contributed by atoms with E-state index in [1.807, 2.05) is 31.3 Å². The van der Waals surface area contributed by atoms with Crippen LogP contribution in [0.4, 0.5) is 4.39 Å². The van der Waals surface area contributed by atoms with Crippen molar-refractivity contribution in [2.75, 3.05) is 18.1 Å². The van der Waals surface area contributed by atoms with Gasteiger partial charge in [-0.05, 0) is 54.2 Å². The van der Waals surface area contributed by atoms with E-state index in [1.54, 1.807) is 10.9 Å². The summed E-state index contributed by atoms with van der Waals surface area (Å²) in [6.07, 6.45) is 3.13. The van der Waals surface area contributed by atoms with E-state index >= 15 is 0 Å². The highest BCUT2D eigenvalue weighted by Gasteiger charge is 2.27. The average Bonchev–Trinajstić information content (AvgIpc) is 3.16. The van der Waals surface area contributed by atoms with E-state index in [9.17, 15) is 12.8 Å². The van der Waals surface area contributed by atoms with Gasteiger partial charge in [-0.2, -0.15) is 5.10 Å². The van der Waals surface area contributed by atoms with E-state index in [0.717, 1.165) is 22.0 Å². The average molecular weight is 388 g/mol. The maximum atomic E-state index is 14.1. The molecule has 1 aliphatic heterocycles. The Morgan fingerprint density at radius 3 is 2.85 bits per heavy atom. The van der Waals surface area contributed by atoms with Crippen LogP contribution >= 0.6 is 0 Å². The Bertz CT molecular complexity index is 1090. The Morgan fingerprint density at radius 2 is 2.07 bits per heavy atom. The number of benzene rings is 2. The fraction of sp³-hybridized carbons (Fsp3) is 0.350. The molecule has 1 aliphatic rings. The van der Waals surface area contributed by atoms with Gasteiger partial charge >= 0.3 is 0 Å². The molecule has 27 heavy (non-hydrogen) atoms. The normalized spacial score (nSPS) is 18.8. The van der Waals surface area contributed by atoms with Crippen LogP contribution in [0.15, 0.2) is 42.6 Å². The lowest BCUT2D eigenvalue weighted by atomic mass is 10.0. The molecule has 1 atom stereocenters. The monoisotopic (exact) mass is 388 g/mol. The fourth-order valence-corrected chi connectivity index (χ4v) is 5.51. The summed E-state index contributed by atoms with van der Waals surface area (Å²) in [7, 11) is -0.998. The lowest BCUT2D eigenvalue weighted by molar-refractivity contribution is 0.284. The number of sulfone groups is 1. The molecule has 0 saturated carbocycles. The van der Waals surface area contributed by atoms with E-state index < -0.39 is 9.84 Å². The number of rotatable bonds is 5. The molecule has 7 heteroatoms. The second-order valence-electron chi connectivity index (χ2n) is 7.12. The summed E-state index contributed by atoms with van der Waals surface area (Å²) in [5.74, 6) is 0.722. The van der Waals surface area contributed by atoms with Gasteiger partial charge in [-0.1, -0.05) is 6.07 Å². The first-order valence-electron chi connectivity index (χ1n) is 8.95. The highest BCUT2D eigenvalue weighted by molar-refractivity contribution is 7.91.